The van der Waals surface area contributed by atoms with Crippen LogP contribution in [0.4, 0.5) is 0 Å². The third-order valence-corrected chi connectivity index (χ3v) is 9.55. The van der Waals surface area contributed by atoms with Gasteiger partial charge in [-0.15, -0.1) is 0 Å². The van der Waals surface area contributed by atoms with Crippen molar-refractivity contribution in [1.82, 2.24) is 25.3 Å². The number of fused-ring (bicyclic) bond motifs is 2. The minimum absolute atomic E-state index is 0.244. The Morgan fingerprint density at radius 3 is 2.64 bits per heavy atom. The predicted molar refractivity (Wildman–Crippen MR) is 169 cm³/mol. The fraction of sp³-hybridized carbons (Fsp3) is 0.353. The molecule has 4 aliphatic rings. The molecule has 2 aromatic carbocycles. The Labute approximate surface area is 261 Å². The van der Waals surface area contributed by atoms with Crippen LogP contribution in [-0.2, 0) is 41.7 Å². The number of aryl methyl sites for hydroxylation is 1. The molecule has 3 N–H and O–H groups in total. The molecule has 0 bridgehead atoms. The van der Waals surface area contributed by atoms with E-state index in [-0.39, 0.29) is 17.1 Å². The Kier molecular flexibility index (Phi) is 6.62. The standard InChI is InChI=1S/C34H34N8O3/c1-43-30-3-2-24(23-15-37-20-38-16-23)25-5-7-34(13-28(25)30)19-45-32(42-34)40-14-21-10-22-4-6-33(18-44-31(35)41-33)12-27(22)26(11-21)29-17-36-8-9-39-29/h2-3,8-11,15-17,20H,4-7,12-14,18-19H2,1H3,(H2,35,41)(H,40,42). The molecule has 2 unspecified atom stereocenters. The lowest BCUT2D eigenvalue weighted by Crippen LogP contribution is -2.48. The van der Waals surface area contributed by atoms with Crippen molar-refractivity contribution in [3.05, 3.63) is 89.4 Å². The van der Waals surface area contributed by atoms with Gasteiger partial charge in [-0.25, -0.2) is 20.0 Å². The van der Waals surface area contributed by atoms with Crippen LogP contribution in [0.3, 0.4) is 0 Å². The van der Waals surface area contributed by atoms with Gasteiger partial charge in [0.25, 0.3) is 12.0 Å². The molecule has 2 atom stereocenters. The molecular formula is C34H34N8O3. The number of nitrogens with two attached hydrogens (primary N) is 1. The van der Waals surface area contributed by atoms with Crippen LogP contribution in [0.5, 0.6) is 5.75 Å². The molecule has 2 aromatic heterocycles. The largest absolute Gasteiger partial charge is 0.496 e. The highest BCUT2D eigenvalue weighted by molar-refractivity contribution is 5.78. The predicted octanol–water partition coefficient (Wildman–Crippen LogP) is 3.59. The number of amidine groups is 2. The summed E-state index contributed by atoms with van der Waals surface area (Å²) in [6, 6.07) is 9.44. The second-order valence-corrected chi connectivity index (χ2v) is 12.4. The second-order valence-electron chi connectivity index (χ2n) is 12.4. The number of hydrogen-bond donors (Lipinski definition) is 2. The number of hydrogen-bond acceptors (Lipinski definition) is 10. The van der Waals surface area contributed by atoms with E-state index in [4.69, 9.17) is 24.9 Å². The molecule has 2 aliphatic heterocycles. The fourth-order valence-corrected chi connectivity index (χ4v) is 7.32. The van der Waals surface area contributed by atoms with Crippen molar-refractivity contribution in [2.75, 3.05) is 20.3 Å². The number of ether oxygens (including phenoxy) is 3. The summed E-state index contributed by atoms with van der Waals surface area (Å²) in [5, 5.41) is 3.66. The van der Waals surface area contributed by atoms with Gasteiger partial charge in [-0.2, -0.15) is 0 Å². The first kappa shape index (κ1) is 27.5. The van der Waals surface area contributed by atoms with Crippen molar-refractivity contribution in [3.8, 4) is 28.1 Å². The maximum Gasteiger partial charge on any atom is 0.285 e. The lowest BCUT2D eigenvalue weighted by molar-refractivity contribution is 0.235. The van der Waals surface area contributed by atoms with Crippen LogP contribution >= 0.6 is 0 Å². The third kappa shape index (κ3) is 5.01. The Morgan fingerprint density at radius 2 is 1.84 bits per heavy atom. The van der Waals surface area contributed by atoms with Crippen molar-refractivity contribution in [2.45, 2.75) is 56.1 Å². The van der Waals surface area contributed by atoms with Gasteiger partial charge < -0.3 is 25.3 Å². The van der Waals surface area contributed by atoms with Crippen LogP contribution in [0, 0.1) is 0 Å². The van der Waals surface area contributed by atoms with Crippen molar-refractivity contribution < 1.29 is 14.2 Å². The zero-order valence-corrected chi connectivity index (χ0v) is 25.1. The van der Waals surface area contributed by atoms with E-state index >= 15 is 0 Å². The van der Waals surface area contributed by atoms with Crippen molar-refractivity contribution in [1.29, 1.82) is 0 Å². The van der Waals surface area contributed by atoms with E-state index in [2.05, 4.69) is 48.4 Å². The van der Waals surface area contributed by atoms with Gasteiger partial charge in [-0.1, -0.05) is 12.1 Å². The smallest absolute Gasteiger partial charge is 0.285 e. The van der Waals surface area contributed by atoms with Crippen LogP contribution < -0.4 is 15.8 Å². The molecule has 1 fully saturated rings. The summed E-state index contributed by atoms with van der Waals surface area (Å²) in [6.45, 7) is 1.54. The second kappa shape index (κ2) is 10.8. The summed E-state index contributed by atoms with van der Waals surface area (Å²) < 4.78 is 17.6. The van der Waals surface area contributed by atoms with Gasteiger partial charge in [0.1, 0.15) is 30.8 Å². The van der Waals surface area contributed by atoms with E-state index in [0.29, 0.717) is 25.8 Å². The summed E-state index contributed by atoms with van der Waals surface area (Å²) in [5.74, 6) is 0.891. The maximum atomic E-state index is 6.19. The first-order valence-corrected chi connectivity index (χ1v) is 15.3. The van der Waals surface area contributed by atoms with E-state index in [0.717, 1.165) is 72.2 Å². The highest BCUT2D eigenvalue weighted by Gasteiger charge is 2.43. The zero-order valence-electron chi connectivity index (χ0n) is 25.1. The number of aliphatic imine (C=N–C) groups is 2. The van der Waals surface area contributed by atoms with Crippen molar-refractivity contribution >= 4 is 12.0 Å². The number of aromatic nitrogens is 4. The van der Waals surface area contributed by atoms with Gasteiger partial charge in [-0.3, -0.25) is 9.97 Å². The monoisotopic (exact) mass is 602 g/mol. The maximum absolute atomic E-state index is 6.19. The minimum Gasteiger partial charge on any atom is -0.496 e. The van der Waals surface area contributed by atoms with Crippen LogP contribution in [-0.4, -0.2) is 63.4 Å². The van der Waals surface area contributed by atoms with E-state index in [1.165, 1.54) is 22.3 Å². The molecule has 0 amide bonds. The van der Waals surface area contributed by atoms with Gasteiger partial charge in [0, 0.05) is 54.3 Å². The lowest BCUT2D eigenvalue weighted by atomic mass is 9.76. The molecule has 228 valence electrons. The van der Waals surface area contributed by atoms with Crippen molar-refractivity contribution in [3.63, 3.8) is 0 Å². The van der Waals surface area contributed by atoms with Gasteiger partial charge in [0.05, 0.1) is 31.1 Å². The summed E-state index contributed by atoms with van der Waals surface area (Å²) in [4.78, 5) is 27.0. The molecule has 2 aliphatic carbocycles. The quantitative estimate of drug-likeness (QED) is 0.351. The average Bonchev–Trinajstić information content (AvgIpc) is 3.65. The average molecular weight is 603 g/mol. The summed E-state index contributed by atoms with van der Waals surface area (Å²) in [7, 11) is 1.73. The molecule has 0 radical (unpaired) electrons. The van der Waals surface area contributed by atoms with Gasteiger partial charge in [-0.05, 0) is 65.6 Å². The Bertz CT molecular complexity index is 1830. The molecule has 45 heavy (non-hydrogen) atoms. The highest BCUT2D eigenvalue weighted by atomic mass is 16.5. The number of benzene rings is 2. The number of rotatable bonds is 5. The lowest BCUT2D eigenvalue weighted by Gasteiger charge is -2.34. The van der Waals surface area contributed by atoms with E-state index in [9.17, 15) is 0 Å². The summed E-state index contributed by atoms with van der Waals surface area (Å²) in [5.41, 5.74) is 15.5. The molecule has 11 nitrogen and oxygen atoms in total. The Balaban J connectivity index is 1.05. The number of methoxy groups -OCH3 is 1. The zero-order chi connectivity index (χ0) is 30.4. The summed E-state index contributed by atoms with van der Waals surface area (Å²) in [6.07, 6.45) is 15.6. The van der Waals surface area contributed by atoms with E-state index < -0.39 is 0 Å². The molecule has 8 rings (SSSR count). The van der Waals surface area contributed by atoms with Crippen LogP contribution in [0.25, 0.3) is 22.4 Å². The highest BCUT2D eigenvalue weighted by Crippen LogP contribution is 2.42. The Morgan fingerprint density at radius 1 is 0.933 bits per heavy atom. The van der Waals surface area contributed by atoms with E-state index in [1.54, 1.807) is 25.8 Å². The fourth-order valence-electron chi connectivity index (χ4n) is 7.32. The van der Waals surface area contributed by atoms with Crippen LogP contribution in [0.2, 0.25) is 0 Å². The molecule has 4 heterocycles. The molecular weight excluding hydrogens is 568 g/mol. The first-order valence-electron chi connectivity index (χ1n) is 15.3. The number of nitrogens with zero attached hydrogens (tertiary/aromatic N) is 6. The molecule has 0 saturated carbocycles. The summed E-state index contributed by atoms with van der Waals surface area (Å²) >= 11 is 0. The number of nitrogens with one attached hydrogen (secondary N) is 1. The van der Waals surface area contributed by atoms with Crippen molar-refractivity contribution in [2.24, 2.45) is 15.7 Å². The normalized spacial score (nSPS) is 24.0. The van der Waals surface area contributed by atoms with Crippen LogP contribution in [0.1, 0.15) is 40.7 Å². The van der Waals surface area contributed by atoms with Gasteiger partial charge in [0.2, 0.25) is 0 Å². The van der Waals surface area contributed by atoms with Crippen LogP contribution in [0.15, 0.2) is 71.6 Å². The minimum atomic E-state index is -0.317. The molecule has 2 spiro atoms. The molecule has 11 heteroatoms. The van der Waals surface area contributed by atoms with E-state index in [1.807, 2.05) is 24.7 Å². The SMILES string of the molecule is COc1ccc(-c2cncnc2)c2c1CC1(CC2)COC(=NCc2cc3c(c(-c4cnccn4)c2)CC2(CC3)COC(N)=N2)N1. The third-order valence-electron chi connectivity index (χ3n) is 9.55. The first-order chi connectivity index (χ1) is 22.0. The topological polar surface area (TPSA) is 142 Å². The Hall–Kier alpha value is -5.06. The molecule has 4 aromatic rings. The van der Waals surface area contributed by atoms with Gasteiger partial charge >= 0.3 is 0 Å². The molecule has 1 saturated heterocycles. The van der Waals surface area contributed by atoms with Gasteiger partial charge in [0.15, 0.2) is 0 Å².